The molecule has 0 fully saturated rings. The second-order valence-electron chi connectivity index (χ2n) is 4.68. The molecule has 3 rings (SSSR count). The van der Waals surface area contributed by atoms with E-state index in [4.69, 9.17) is 4.74 Å². The first-order valence-corrected chi connectivity index (χ1v) is 6.28. The lowest BCUT2D eigenvalue weighted by Crippen LogP contribution is -2.27. The Labute approximate surface area is 112 Å². The number of hydrogen-bond acceptors (Lipinski definition) is 2. The van der Waals surface area contributed by atoms with Crippen LogP contribution in [0.1, 0.15) is 27.6 Å². The van der Waals surface area contributed by atoms with Crippen molar-refractivity contribution < 1.29 is 9.53 Å². The fourth-order valence-electron chi connectivity index (χ4n) is 2.36. The van der Waals surface area contributed by atoms with E-state index in [1.165, 1.54) is 0 Å². The maximum Gasteiger partial charge on any atom is 0.255 e. The van der Waals surface area contributed by atoms with Gasteiger partial charge in [-0.05, 0) is 17.2 Å². The molecule has 0 saturated heterocycles. The van der Waals surface area contributed by atoms with E-state index in [1.807, 2.05) is 54.6 Å². The Hall–Kier alpha value is -2.13. The summed E-state index contributed by atoms with van der Waals surface area (Å²) in [5.74, 6) is 0.00836. The molecule has 19 heavy (non-hydrogen) atoms. The van der Waals surface area contributed by atoms with Gasteiger partial charge < -0.3 is 9.64 Å². The second-order valence-corrected chi connectivity index (χ2v) is 4.68. The molecule has 2 aromatic rings. The number of ether oxygens (including phenoxy) is 1. The van der Waals surface area contributed by atoms with Crippen LogP contribution in [0, 0.1) is 0 Å². The van der Waals surface area contributed by atoms with E-state index in [0.717, 1.165) is 16.7 Å². The van der Waals surface area contributed by atoms with Gasteiger partial charge in [-0.3, -0.25) is 4.79 Å². The highest BCUT2D eigenvalue weighted by Gasteiger charge is 2.27. The van der Waals surface area contributed by atoms with Crippen molar-refractivity contribution in [3.05, 3.63) is 71.3 Å². The summed E-state index contributed by atoms with van der Waals surface area (Å²) in [4.78, 5) is 13.9. The highest BCUT2D eigenvalue weighted by Crippen LogP contribution is 2.31. The smallest absolute Gasteiger partial charge is 0.255 e. The van der Waals surface area contributed by atoms with Crippen LogP contribution in [0.15, 0.2) is 54.6 Å². The van der Waals surface area contributed by atoms with Crippen LogP contribution < -0.4 is 0 Å². The molecule has 0 aromatic heterocycles. The van der Waals surface area contributed by atoms with Gasteiger partial charge in [0, 0.05) is 12.6 Å². The van der Waals surface area contributed by atoms with Gasteiger partial charge in [0.15, 0.2) is 0 Å². The molecule has 0 saturated carbocycles. The van der Waals surface area contributed by atoms with Crippen molar-refractivity contribution in [2.75, 3.05) is 13.8 Å². The monoisotopic (exact) mass is 253 g/mol. The predicted octanol–water partition coefficient (Wildman–Crippen LogP) is 2.84. The van der Waals surface area contributed by atoms with Gasteiger partial charge in [0.1, 0.15) is 12.8 Å². The van der Waals surface area contributed by atoms with Crippen molar-refractivity contribution in [1.29, 1.82) is 0 Å². The van der Waals surface area contributed by atoms with E-state index in [2.05, 4.69) is 0 Å². The third-order valence-corrected chi connectivity index (χ3v) is 3.36. The van der Waals surface area contributed by atoms with Crippen LogP contribution in [0.2, 0.25) is 0 Å². The zero-order valence-electron chi connectivity index (χ0n) is 10.7. The molecule has 96 valence electrons. The molecule has 3 nitrogen and oxygen atoms in total. The van der Waals surface area contributed by atoms with Crippen LogP contribution in [0.25, 0.3) is 0 Å². The van der Waals surface area contributed by atoms with E-state index >= 15 is 0 Å². The Morgan fingerprint density at radius 3 is 2.53 bits per heavy atom. The van der Waals surface area contributed by atoms with Crippen LogP contribution in [0.4, 0.5) is 0 Å². The van der Waals surface area contributed by atoms with Crippen LogP contribution in [-0.4, -0.2) is 24.6 Å². The Morgan fingerprint density at radius 2 is 1.74 bits per heavy atom. The molecular weight excluding hydrogens is 238 g/mol. The number of benzene rings is 2. The summed E-state index contributed by atoms with van der Waals surface area (Å²) >= 11 is 0. The van der Waals surface area contributed by atoms with E-state index < -0.39 is 0 Å². The van der Waals surface area contributed by atoms with E-state index in [-0.39, 0.29) is 12.0 Å². The highest BCUT2D eigenvalue weighted by atomic mass is 16.5. The molecule has 1 aliphatic rings. The number of amides is 1. The van der Waals surface area contributed by atoms with Crippen molar-refractivity contribution in [1.82, 2.24) is 4.90 Å². The molecule has 0 aliphatic carbocycles. The lowest BCUT2D eigenvalue weighted by Gasteiger charge is -2.18. The van der Waals surface area contributed by atoms with E-state index in [1.54, 1.807) is 11.9 Å². The number of hydrogen-bond donors (Lipinski definition) is 0. The first kappa shape index (κ1) is 11.9. The molecular formula is C16H15NO2. The number of nitrogens with zero attached hydrogens (tertiary/aromatic N) is 1. The third-order valence-electron chi connectivity index (χ3n) is 3.36. The summed E-state index contributed by atoms with van der Waals surface area (Å²) in [5.41, 5.74) is 2.72. The summed E-state index contributed by atoms with van der Waals surface area (Å²) in [6.45, 7) is 0.299. The van der Waals surface area contributed by atoms with Gasteiger partial charge >= 0.3 is 0 Å². The Bertz CT molecular complexity index is 595. The SMILES string of the molecule is CN1CO[C@H](c2ccccc2)c2ccccc2C1=O. The van der Waals surface area contributed by atoms with E-state index in [0.29, 0.717) is 6.73 Å². The average molecular weight is 253 g/mol. The summed E-state index contributed by atoms with van der Waals surface area (Å²) in [7, 11) is 1.76. The summed E-state index contributed by atoms with van der Waals surface area (Å²) in [6, 6.07) is 17.6. The van der Waals surface area contributed by atoms with Crippen LogP contribution in [-0.2, 0) is 4.74 Å². The quantitative estimate of drug-likeness (QED) is 0.782. The molecule has 2 aromatic carbocycles. The Balaban J connectivity index is 2.12. The van der Waals surface area contributed by atoms with E-state index in [9.17, 15) is 4.79 Å². The van der Waals surface area contributed by atoms with Gasteiger partial charge in [-0.15, -0.1) is 0 Å². The van der Waals surface area contributed by atoms with Crippen molar-refractivity contribution in [2.24, 2.45) is 0 Å². The molecule has 1 heterocycles. The fourth-order valence-corrected chi connectivity index (χ4v) is 2.36. The zero-order chi connectivity index (χ0) is 13.2. The number of rotatable bonds is 1. The minimum Gasteiger partial charge on any atom is -0.348 e. The first-order chi connectivity index (χ1) is 9.27. The third kappa shape index (κ3) is 2.13. The van der Waals surface area contributed by atoms with Gasteiger partial charge in [0.25, 0.3) is 5.91 Å². The Kier molecular flexibility index (Phi) is 3.05. The molecule has 0 radical (unpaired) electrons. The molecule has 1 atom stereocenters. The van der Waals surface area contributed by atoms with Crippen molar-refractivity contribution >= 4 is 5.91 Å². The lowest BCUT2D eigenvalue weighted by molar-refractivity contribution is 0.0147. The first-order valence-electron chi connectivity index (χ1n) is 6.28. The largest absolute Gasteiger partial charge is 0.348 e. The molecule has 1 aliphatic heterocycles. The second kappa shape index (κ2) is 4.86. The van der Waals surface area contributed by atoms with Crippen LogP contribution in [0.5, 0.6) is 0 Å². The van der Waals surface area contributed by atoms with Gasteiger partial charge in [-0.25, -0.2) is 0 Å². The van der Waals surface area contributed by atoms with Gasteiger partial charge in [0.05, 0.1) is 0 Å². The van der Waals surface area contributed by atoms with Crippen LogP contribution in [0.3, 0.4) is 0 Å². The maximum absolute atomic E-state index is 12.3. The number of carbonyl (C=O) groups is 1. The van der Waals surface area contributed by atoms with Crippen molar-refractivity contribution in [2.45, 2.75) is 6.10 Å². The normalized spacial score (nSPS) is 18.9. The van der Waals surface area contributed by atoms with Gasteiger partial charge in [-0.2, -0.15) is 0 Å². The van der Waals surface area contributed by atoms with Gasteiger partial charge in [-0.1, -0.05) is 48.5 Å². The number of carbonyl (C=O) groups excluding carboxylic acids is 1. The Morgan fingerprint density at radius 1 is 1.05 bits per heavy atom. The summed E-state index contributed by atoms with van der Waals surface area (Å²) in [5, 5.41) is 0. The van der Waals surface area contributed by atoms with Crippen LogP contribution >= 0.6 is 0 Å². The molecule has 1 amide bonds. The fraction of sp³-hybridized carbons (Fsp3) is 0.188. The summed E-state index contributed by atoms with van der Waals surface area (Å²) in [6.07, 6.45) is -0.189. The predicted molar refractivity (Wildman–Crippen MR) is 72.8 cm³/mol. The lowest BCUT2D eigenvalue weighted by atomic mass is 9.96. The van der Waals surface area contributed by atoms with Gasteiger partial charge in [0.2, 0.25) is 0 Å². The van der Waals surface area contributed by atoms with Crippen molar-refractivity contribution in [3.63, 3.8) is 0 Å². The zero-order valence-corrected chi connectivity index (χ0v) is 10.7. The molecule has 0 spiro atoms. The maximum atomic E-state index is 12.3. The molecule has 0 N–H and O–H groups in total. The minimum absolute atomic E-state index is 0.00836. The highest BCUT2D eigenvalue weighted by molar-refractivity contribution is 5.96. The number of fused-ring (bicyclic) bond motifs is 1. The topological polar surface area (TPSA) is 29.5 Å². The van der Waals surface area contributed by atoms with Crippen molar-refractivity contribution in [3.8, 4) is 0 Å². The molecule has 0 bridgehead atoms. The summed E-state index contributed by atoms with van der Waals surface area (Å²) < 4.78 is 5.90. The minimum atomic E-state index is -0.189. The molecule has 3 heteroatoms. The standard InChI is InChI=1S/C16H15NO2/c1-17-11-19-15(12-7-3-2-4-8-12)13-9-5-6-10-14(13)16(17)18/h2-10,15H,11H2,1H3/t15-/m1/s1. The average Bonchev–Trinajstić information content (AvgIpc) is 2.59. The molecule has 0 unspecified atom stereocenters.